The molecule has 3 rings (SSSR count). The summed E-state index contributed by atoms with van der Waals surface area (Å²) in [5.74, 6) is -2.21. The normalized spacial score (nSPS) is 10.9. The molecule has 5 nitrogen and oxygen atoms in total. The number of fused-ring (bicyclic) bond motifs is 1. The van der Waals surface area contributed by atoms with Crippen LogP contribution in [0, 0.1) is 11.6 Å². The van der Waals surface area contributed by atoms with Crippen molar-refractivity contribution in [1.29, 1.82) is 0 Å². The molecule has 0 saturated carbocycles. The van der Waals surface area contributed by atoms with Crippen molar-refractivity contribution in [2.75, 3.05) is 6.61 Å². The molecule has 8 heteroatoms. The molecule has 0 N–H and O–H groups in total. The number of aromatic nitrogens is 2. The summed E-state index contributed by atoms with van der Waals surface area (Å²) in [6, 6.07) is 7.34. The fourth-order valence-electron chi connectivity index (χ4n) is 2.33. The van der Waals surface area contributed by atoms with Gasteiger partial charge in [0.15, 0.2) is 0 Å². The van der Waals surface area contributed by atoms with Gasteiger partial charge in [-0.05, 0) is 43.3 Å². The molecule has 0 spiro atoms. The third-order valence-corrected chi connectivity index (χ3v) is 3.76. The fraction of sp³-hybridized carbons (Fsp3) is 0.118. The Morgan fingerprint density at radius 3 is 2.56 bits per heavy atom. The molecule has 0 atom stereocenters. The minimum absolute atomic E-state index is 0.0452. The van der Waals surface area contributed by atoms with Crippen LogP contribution in [0.5, 0.6) is 0 Å². The second kappa shape index (κ2) is 6.60. The van der Waals surface area contributed by atoms with Crippen LogP contribution in [0.3, 0.4) is 0 Å². The van der Waals surface area contributed by atoms with E-state index in [1.54, 1.807) is 6.92 Å². The molecule has 0 aliphatic rings. The number of halogens is 3. The van der Waals surface area contributed by atoms with Crippen molar-refractivity contribution in [2.24, 2.45) is 0 Å². The molecule has 0 aliphatic heterocycles. The van der Waals surface area contributed by atoms with E-state index in [0.717, 1.165) is 6.07 Å². The van der Waals surface area contributed by atoms with Crippen molar-refractivity contribution in [2.45, 2.75) is 6.92 Å². The number of hydrogen-bond acceptors (Lipinski definition) is 4. The first-order valence-corrected chi connectivity index (χ1v) is 7.65. The molecule has 0 aliphatic carbocycles. The molecule has 0 saturated heterocycles. The lowest BCUT2D eigenvalue weighted by Gasteiger charge is -2.12. The van der Waals surface area contributed by atoms with Gasteiger partial charge >= 0.3 is 5.97 Å². The molecule has 2 aromatic carbocycles. The van der Waals surface area contributed by atoms with Crippen LogP contribution < -0.4 is 5.43 Å². The quantitative estimate of drug-likeness (QED) is 0.667. The van der Waals surface area contributed by atoms with Crippen molar-refractivity contribution in [3.8, 4) is 5.69 Å². The third kappa shape index (κ3) is 3.10. The zero-order valence-corrected chi connectivity index (χ0v) is 13.7. The zero-order chi connectivity index (χ0) is 18.1. The highest BCUT2D eigenvalue weighted by molar-refractivity contribution is 6.31. The average molecular weight is 365 g/mol. The molecule has 0 radical (unpaired) electrons. The predicted octanol–water partition coefficient (Wildman–Crippen LogP) is 3.49. The first-order valence-electron chi connectivity index (χ1n) is 7.27. The number of carbonyl (C=O) groups is 1. The first kappa shape index (κ1) is 17.0. The molecular weight excluding hydrogens is 354 g/mol. The van der Waals surface area contributed by atoms with Crippen molar-refractivity contribution in [1.82, 2.24) is 9.78 Å². The van der Waals surface area contributed by atoms with Crippen LogP contribution in [0.25, 0.3) is 16.6 Å². The average Bonchev–Trinajstić information content (AvgIpc) is 2.58. The lowest BCUT2D eigenvalue weighted by molar-refractivity contribution is 0.0516. The van der Waals surface area contributed by atoms with Gasteiger partial charge in [0.1, 0.15) is 11.6 Å². The van der Waals surface area contributed by atoms with Gasteiger partial charge in [0.2, 0.25) is 11.1 Å². The first-order chi connectivity index (χ1) is 11.9. The fourth-order valence-corrected chi connectivity index (χ4v) is 2.49. The smallest absolute Gasteiger partial charge is 0.362 e. The van der Waals surface area contributed by atoms with E-state index in [0.29, 0.717) is 5.69 Å². The van der Waals surface area contributed by atoms with Gasteiger partial charge in [0, 0.05) is 0 Å². The summed E-state index contributed by atoms with van der Waals surface area (Å²) in [7, 11) is 0. The summed E-state index contributed by atoms with van der Waals surface area (Å²) in [6.07, 6.45) is 0. The summed E-state index contributed by atoms with van der Waals surface area (Å²) in [5.41, 5.74) is -0.738. The van der Waals surface area contributed by atoms with E-state index < -0.39 is 28.7 Å². The summed E-state index contributed by atoms with van der Waals surface area (Å²) in [6.45, 7) is 1.63. The maximum Gasteiger partial charge on any atom is 0.362 e. The third-order valence-electron chi connectivity index (χ3n) is 3.47. The Morgan fingerprint density at radius 1 is 1.24 bits per heavy atom. The monoisotopic (exact) mass is 364 g/mol. The molecule has 1 aromatic heterocycles. The van der Waals surface area contributed by atoms with Gasteiger partial charge in [-0.2, -0.15) is 5.10 Å². The Bertz CT molecular complexity index is 1030. The second-order valence-electron chi connectivity index (χ2n) is 5.07. The van der Waals surface area contributed by atoms with E-state index in [-0.39, 0.29) is 22.5 Å². The molecule has 0 fully saturated rings. The van der Waals surface area contributed by atoms with Gasteiger partial charge in [0.05, 0.1) is 28.2 Å². The molecule has 0 bridgehead atoms. The summed E-state index contributed by atoms with van der Waals surface area (Å²) < 4.78 is 33.1. The van der Waals surface area contributed by atoms with Gasteiger partial charge in [-0.15, -0.1) is 0 Å². The van der Waals surface area contributed by atoms with Crippen molar-refractivity contribution in [3.63, 3.8) is 0 Å². The van der Waals surface area contributed by atoms with E-state index in [1.165, 1.54) is 35.0 Å². The Kier molecular flexibility index (Phi) is 4.50. The van der Waals surface area contributed by atoms with E-state index in [4.69, 9.17) is 16.3 Å². The number of carbonyl (C=O) groups excluding carboxylic acids is 1. The standard InChI is InChI=1S/C17H11ClF2N2O3/c1-2-25-17(24)15-16(23)11-7-13(20)12(18)8-14(11)22(21-15)10-5-3-9(19)4-6-10/h3-8H,2H2,1H3. The van der Waals surface area contributed by atoms with E-state index in [9.17, 15) is 18.4 Å². The lowest BCUT2D eigenvalue weighted by Crippen LogP contribution is -2.24. The molecule has 0 amide bonds. The highest BCUT2D eigenvalue weighted by Crippen LogP contribution is 2.23. The number of nitrogens with zero attached hydrogens (tertiary/aromatic N) is 2. The molecule has 1 heterocycles. The van der Waals surface area contributed by atoms with Crippen LogP contribution in [0.1, 0.15) is 17.4 Å². The number of ether oxygens (including phenoxy) is 1. The molecule has 3 aromatic rings. The van der Waals surface area contributed by atoms with Gasteiger partial charge in [-0.1, -0.05) is 11.6 Å². The maximum absolute atomic E-state index is 13.8. The van der Waals surface area contributed by atoms with Crippen LogP contribution in [0.15, 0.2) is 41.2 Å². The summed E-state index contributed by atoms with van der Waals surface area (Å²) in [5, 5.41) is 3.71. The zero-order valence-electron chi connectivity index (χ0n) is 12.9. The van der Waals surface area contributed by atoms with Crippen molar-refractivity contribution in [3.05, 3.63) is 69.0 Å². The lowest BCUT2D eigenvalue weighted by atomic mass is 10.2. The van der Waals surface area contributed by atoms with Crippen LogP contribution in [-0.4, -0.2) is 22.4 Å². The van der Waals surface area contributed by atoms with Gasteiger partial charge in [-0.25, -0.2) is 18.3 Å². The van der Waals surface area contributed by atoms with Crippen LogP contribution in [0.2, 0.25) is 5.02 Å². The number of rotatable bonds is 3. The Morgan fingerprint density at radius 2 is 1.92 bits per heavy atom. The minimum Gasteiger partial charge on any atom is -0.461 e. The van der Waals surface area contributed by atoms with E-state index >= 15 is 0 Å². The topological polar surface area (TPSA) is 61.2 Å². The Labute approximate surface area is 145 Å². The SMILES string of the molecule is CCOC(=O)c1nn(-c2ccc(F)cc2)c2cc(Cl)c(F)cc2c1=O. The Balaban J connectivity index is 2.39. The molecular formula is C17H11ClF2N2O3. The largest absolute Gasteiger partial charge is 0.461 e. The van der Waals surface area contributed by atoms with Gasteiger partial charge in [0.25, 0.3) is 0 Å². The second-order valence-corrected chi connectivity index (χ2v) is 5.48. The Hall–Kier alpha value is -2.80. The highest BCUT2D eigenvalue weighted by Gasteiger charge is 2.20. The molecule has 0 unspecified atom stereocenters. The van der Waals surface area contributed by atoms with Crippen molar-refractivity contribution >= 4 is 28.5 Å². The number of benzene rings is 2. The van der Waals surface area contributed by atoms with Crippen LogP contribution >= 0.6 is 11.6 Å². The number of esters is 1. The summed E-state index contributed by atoms with van der Waals surface area (Å²) in [4.78, 5) is 24.5. The summed E-state index contributed by atoms with van der Waals surface area (Å²) >= 11 is 5.81. The number of hydrogen-bond donors (Lipinski definition) is 0. The van der Waals surface area contributed by atoms with Crippen LogP contribution in [-0.2, 0) is 4.74 Å². The van der Waals surface area contributed by atoms with Gasteiger partial charge in [-0.3, -0.25) is 4.79 Å². The minimum atomic E-state index is -0.930. The van der Waals surface area contributed by atoms with Crippen LogP contribution in [0.4, 0.5) is 8.78 Å². The van der Waals surface area contributed by atoms with Gasteiger partial charge < -0.3 is 4.74 Å². The maximum atomic E-state index is 13.8. The molecule has 128 valence electrons. The van der Waals surface area contributed by atoms with E-state index in [2.05, 4.69) is 5.10 Å². The molecule has 25 heavy (non-hydrogen) atoms. The predicted molar refractivity (Wildman–Crippen MR) is 88.2 cm³/mol. The highest BCUT2D eigenvalue weighted by atomic mass is 35.5. The van der Waals surface area contributed by atoms with Crippen molar-refractivity contribution < 1.29 is 18.3 Å². The van der Waals surface area contributed by atoms with E-state index in [1.807, 2.05) is 0 Å².